The molecule has 3 N–H and O–H groups in total. The number of rotatable bonds is 18. The van der Waals surface area contributed by atoms with Crippen LogP contribution in [0.15, 0.2) is 0 Å². The predicted molar refractivity (Wildman–Crippen MR) is 97.2 cm³/mol. The molecule has 0 aliphatic carbocycles. The van der Waals surface area contributed by atoms with Gasteiger partial charge in [0, 0.05) is 19.0 Å². The number of unbranched alkanes of at least 4 members (excludes halogenated alkanes) is 5. The molecule has 24 heavy (non-hydrogen) atoms. The maximum absolute atomic E-state index is 5.50. The molecule has 0 aromatic carbocycles. The topological polar surface area (TPSA) is 75.0 Å². The zero-order valence-electron chi connectivity index (χ0n) is 16.3. The van der Waals surface area contributed by atoms with Crippen LogP contribution in [0, 0.1) is 5.92 Å². The van der Waals surface area contributed by atoms with Crippen LogP contribution in [-0.4, -0.2) is 39.6 Å². The molecule has 6 heteroatoms. The van der Waals surface area contributed by atoms with Gasteiger partial charge in [-0.05, 0) is 32.7 Å². The lowest BCUT2D eigenvalue weighted by molar-refractivity contribution is -0.508. The average molecular weight is 349 g/mol. The van der Waals surface area contributed by atoms with Gasteiger partial charge >= 0.3 is 0 Å². The van der Waals surface area contributed by atoms with Gasteiger partial charge in [-0.2, -0.15) is 9.78 Å². The van der Waals surface area contributed by atoms with Crippen LogP contribution in [-0.2, 0) is 19.6 Å². The van der Waals surface area contributed by atoms with Crippen molar-refractivity contribution in [1.29, 1.82) is 0 Å². The summed E-state index contributed by atoms with van der Waals surface area (Å²) in [7, 11) is 3.00. The highest BCUT2D eigenvalue weighted by Gasteiger charge is 2.38. The summed E-state index contributed by atoms with van der Waals surface area (Å²) >= 11 is 0. The average Bonchev–Trinajstić information content (AvgIpc) is 2.56. The lowest BCUT2D eigenvalue weighted by atomic mass is 9.89. The Morgan fingerprint density at radius 2 is 1.46 bits per heavy atom. The van der Waals surface area contributed by atoms with Crippen molar-refractivity contribution < 1.29 is 19.6 Å². The van der Waals surface area contributed by atoms with E-state index in [1.54, 1.807) is 0 Å². The molecule has 1 unspecified atom stereocenters. The Hall–Kier alpha value is -0.240. The normalized spacial score (nSPS) is 13.4. The van der Waals surface area contributed by atoms with Crippen LogP contribution < -0.4 is 11.1 Å². The molecule has 146 valence electrons. The highest BCUT2D eigenvalue weighted by Crippen LogP contribution is 2.32. The Kier molecular flexibility index (Phi) is 16.1. The maximum atomic E-state index is 5.50. The third-order valence-electron chi connectivity index (χ3n) is 4.37. The lowest BCUT2D eigenvalue weighted by Crippen LogP contribution is -2.41. The van der Waals surface area contributed by atoms with E-state index in [9.17, 15) is 0 Å². The fraction of sp³-hybridized carbons (Fsp3) is 1.00. The molecular formula is C18H40N2O4. The molecule has 0 radical (unpaired) electrons. The molecule has 0 spiro atoms. The molecule has 0 aromatic heterocycles. The third kappa shape index (κ3) is 11.3. The van der Waals surface area contributed by atoms with Crippen LogP contribution in [0.3, 0.4) is 0 Å². The van der Waals surface area contributed by atoms with Crippen LogP contribution in [0.2, 0.25) is 0 Å². The van der Waals surface area contributed by atoms with Gasteiger partial charge in [-0.15, -0.1) is 0 Å². The molecule has 0 heterocycles. The van der Waals surface area contributed by atoms with E-state index in [-0.39, 0.29) is 5.92 Å². The lowest BCUT2D eigenvalue weighted by Gasteiger charge is -2.34. The molecule has 0 aliphatic heterocycles. The van der Waals surface area contributed by atoms with Gasteiger partial charge in [0.25, 0.3) is 0 Å². The highest BCUT2D eigenvalue weighted by molar-refractivity contribution is 4.74. The van der Waals surface area contributed by atoms with E-state index in [1.165, 1.54) is 52.7 Å². The fourth-order valence-corrected chi connectivity index (χ4v) is 3.02. The van der Waals surface area contributed by atoms with E-state index in [1.807, 2.05) is 6.92 Å². The van der Waals surface area contributed by atoms with Crippen molar-refractivity contribution in [3.8, 4) is 0 Å². The number of hydrogen-bond donors (Lipinski definition) is 2. The van der Waals surface area contributed by atoms with Crippen LogP contribution in [0.5, 0.6) is 0 Å². The van der Waals surface area contributed by atoms with Crippen molar-refractivity contribution in [3.63, 3.8) is 0 Å². The summed E-state index contributed by atoms with van der Waals surface area (Å²) in [5.41, 5.74) is 5.50. The highest BCUT2D eigenvalue weighted by atomic mass is 17.3. The second-order valence-corrected chi connectivity index (χ2v) is 6.45. The summed E-state index contributed by atoms with van der Waals surface area (Å²) in [6.45, 7) is 6.58. The molecule has 6 nitrogen and oxygen atoms in total. The SMILES string of the molecule is CCCCCCCCC(CCCNCCN)C(C)(OOC)OOC. The smallest absolute Gasteiger partial charge is 0.233 e. The van der Waals surface area contributed by atoms with E-state index in [0.717, 1.165) is 32.4 Å². The van der Waals surface area contributed by atoms with Crippen LogP contribution in [0.4, 0.5) is 0 Å². The Morgan fingerprint density at radius 1 is 0.875 bits per heavy atom. The van der Waals surface area contributed by atoms with Crippen LogP contribution in [0.1, 0.15) is 71.6 Å². The minimum absolute atomic E-state index is 0.211. The van der Waals surface area contributed by atoms with E-state index in [0.29, 0.717) is 6.54 Å². The molecule has 1 atom stereocenters. The third-order valence-corrected chi connectivity index (χ3v) is 4.37. The van der Waals surface area contributed by atoms with E-state index in [2.05, 4.69) is 12.2 Å². The molecule has 0 saturated heterocycles. The maximum Gasteiger partial charge on any atom is 0.233 e. The first-order valence-electron chi connectivity index (χ1n) is 9.49. The van der Waals surface area contributed by atoms with Crippen LogP contribution >= 0.6 is 0 Å². The van der Waals surface area contributed by atoms with Crippen molar-refractivity contribution in [1.82, 2.24) is 5.32 Å². The minimum Gasteiger partial charge on any atom is -0.329 e. The first-order chi connectivity index (χ1) is 11.6. The zero-order valence-corrected chi connectivity index (χ0v) is 16.3. The molecule has 0 fully saturated rings. The number of nitrogens with one attached hydrogen (secondary N) is 1. The summed E-state index contributed by atoms with van der Waals surface area (Å²) in [4.78, 5) is 20.7. The Balaban J connectivity index is 4.39. The standard InChI is InChI=1S/C18H40N2O4/c1-5-6-7-8-9-10-12-17(13-11-15-20-16-14-19)18(2,23-21-3)24-22-4/h17,20H,5-16,19H2,1-4H3. The molecule has 0 amide bonds. The predicted octanol–water partition coefficient (Wildman–Crippen LogP) is 3.55. The molecule has 0 saturated carbocycles. The minimum atomic E-state index is -0.888. The van der Waals surface area contributed by atoms with E-state index < -0.39 is 5.79 Å². The van der Waals surface area contributed by atoms with E-state index in [4.69, 9.17) is 25.3 Å². The van der Waals surface area contributed by atoms with Gasteiger partial charge in [-0.25, -0.2) is 9.78 Å². The Bertz CT molecular complexity index is 261. The molecule has 0 rings (SSSR count). The first kappa shape index (κ1) is 23.8. The summed E-state index contributed by atoms with van der Waals surface area (Å²) in [5, 5.41) is 3.33. The zero-order chi connectivity index (χ0) is 18.1. The molecule has 0 aliphatic rings. The van der Waals surface area contributed by atoms with Crippen molar-refractivity contribution in [2.24, 2.45) is 11.7 Å². The summed E-state index contributed by atoms with van der Waals surface area (Å²) in [6.07, 6.45) is 10.7. The van der Waals surface area contributed by atoms with Gasteiger partial charge in [0.2, 0.25) is 5.79 Å². The second-order valence-electron chi connectivity index (χ2n) is 6.45. The van der Waals surface area contributed by atoms with E-state index >= 15 is 0 Å². The number of hydrogen-bond acceptors (Lipinski definition) is 6. The summed E-state index contributed by atoms with van der Waals surface area (Å²) in [5.74, 6) is -0.677. The van der Waals surface area contributed by atoms with Crippen molar-refractivity contribution in [2.75, 3.05) is 33.9 Å². The Labute approximate surface area is 148 Å². The summed E-state index contributed by atoms with van der Waals surface area (Å²) in [6, 6.07) is 0. The quantitative estimate of drug-likeness (QED) is 0.171. The van der Waals surface area contributed by atoms with Gasteiger partial charge in [0.15, 0.2) is 0 Å². The van der Waals surface area contributed by atoms with Crippen LogP contribution in [0.25, 0.3) is 0 Å². The number of nitrogens with two attached hydrogens (primary N) is 1. The van der Waals surface area contributed by atoms with Crippen molar-refractivity contribution in [2.45, 2.75) is 77.4 Å². The van der Waals surface area contributed by atoms with Gasteiger partial charge < -0.3 is 11.1 Å². The molecular weight excluding hydrogens is 308 g/mol. The monoisotopic (exact) mass is 348 g/mol. The van der Waals surface area contributed by atoms with Crippen molar-refractivity contribution >= 4 is 0 Å². The first-order valence-corrected chi connectivity index (χ1v) is 9.49. The van der Waals surface area contributed by atoms with Gasteiger partial charge in [-0.3, -0.25) is 0 Å². The van der Waals surface area contributed by atoms with Gasteiger partial charge in [-0.1, -0.05) is 45.4 Å². The molecule has 0 bridgehead atoms. The second kappa shape index (κ2) is 16.2. The largest absolute Gasteiger partial charge is 0.329 e. The molecule has 0 aromatic rings. The van der Waals surface area contributed by atoms with Crippen molar-refractivity contribution in [3.05, 3.63) is 0 Å². The van der Waals surface area contributed by atoms with Gasteiger partial charge in [0.1, 0.15) is 0 Å². The Morgan fingerprint density at radius 3 is 2.04 bits per heavy atom. The summed E-state index contributed by atoms with van der Waals surface area (Å²) < 4.78 is 0. The van der Waals surface area contributed by atoms with Gasteiger partial charge in [0.05, 0.1) is 14.2 Å². The fourth-order valence-electron chi connectivity index (χ4n) is 3.02.